The van der Waals surface area contributed by atoms with Crippen LogP contribution in [0.5, 0.6) is 0 Å². The first-order valence-electron chi connectivity index (χ1n) is 7.39. The SMILES string of the molecule is CCN(CC)CCCN(CC)c1cnccc1C(=N)N. The van der Waals surface area contributed by atoms with Gasteiger partial charge in [-0.05, 0) is 39.0 Å². The van der Waals surface area contributed by atoms with E-state index in [1.807, 2.05) is 6.07 Å². The summed E-state index contributed by atoms with van der Waals surface area (Å²) in [6, 6.07) is 1.81. The predicted octanol–water partition coefficient (Wildman–Crippen LogP) is 1.92. The van der Waals surface area contributed by atoms with E-state index in [1.54, 1.807) is 12.4 Å². The van der Waals surface area contributed by atoms with Crippen molar-refractivity contribution in [1.29, 1.82) is 5.41 Å². The van der Waals surface area contributed by atoms with Crippen LogP contribution in [0.1, 0.15) is 32.8 Å². The van der Waals surface area contributed by atoms with E-state index in [0.717, 1.165) is 50.4 Å². The van der Waals surface area contributed by atoms with Gasteiger partial charge in [0.15, 0.2) is 0 Å². The molecule has 0 amide bonds. The van der Waals surface area contributed by atoms with Crippen molar-refractivity contribution in [3.05, 3.63) is 24.0 Å². The normalized spacial score (nSPS) is 10.8. The van der Waals surface area contributed by atoms with Gasteiger partial charge in [-0.3, -0.25) is 10.4 Å². The predicted molar refractivity (Wildman–Crippen MR) is 85.5 cm³/mol. The van der Waals surface area contributed by atoms with E-state index in [0.29, 0.717) is 0 Å². The molecule has 0 radical (unpaired) electrons. The molecule has 0 saturated carbocycles. The molecule has 20 heavy (non-hydrogen) atoms. The molecule has 5 nitrogen and oxygen atoms in total. The first-order chi connectivity index (χ1) is 9.63. The molecule has 1 heterocycles. The molecule has 0 aromatic carbocycles. The van der Waals surface area contributed by atoms with Gasteiger partial charge in [-0.1, -0.05) is 13.8 Å². The number of amidine groups is 1. The minimum Gasteiger partial charge on any atom is -0.384 e. The lowest BCUT2D eigenvalue weighted by Crippen LogP contribution is -2.31. The molecule has 0 spiro atoms. The molecule has 1 aromatic rings. The molecule has 0 aliphatic heterocycles. The van der Waals surface area contributed by atoms with Gasteiger partial charge in [0.25, 0.3) is 0 Å². The zero-order valence-corrected chi connectivity index (χ0v) is 12.9. The van der Waals surface area contributed by atoms with Crippen molar-refractivity contribution in [3.8, 4) is 0 Å². The Morgan fingerprint density at radius 2 is 1.90 bits per heavy atom. The van der Waals surface area contributed by atoms with Gasteiger partial charge in [-0.25, -0.2) is 0 Å². The van der Waals surface area contributed by atoms with Gasteiger partial charge >= 0.3 is 0 Å². The second-order valence-electron chi connectivity index (χ2n) is 4.77. The third-order valence-electron chi connectivity index (χ3n) is 3.61. The lowest BCUT2D eigenvalue weighted by Gasteiger charge is -2.26. The number of nitrogens with zero attached hydrogens (tertiary/aromatic N) is 3. The first kappa shape index (κ1) is 16.4. The first-order valence-corrected chi connectivity index (χ1v) is 7.39. The van der Waals surface area contributed by atoms with Gasteiger partial charge in [-0.2, -0.15) is 0 Å². The van der Waals surface area contributed by atoms with Crippen LogP contribution in [0.15, 0.2) is 18.5 Å². The molecular formula is C15H27N5. The highest BCUT2D eigenvalue weighted by Crippen LogP contribution is 2.18. The molecule has 0 unspecified atom stereocenters. The van der Waals surface area contributed by atoms with Crippen LogP contribution in [0.4, 0.5) is 5.69 Å². The summed E-state index contributed by atoms with van der Waals surface area (Å²) < 4.78 is 0. The van der Waals surface area contributed by atoms with E-state index in [9.17, 15) is 0 Å². The molecule has 1 rings (SSSR count). The summed E-state index contributed by atoms with van der Waals surface area (Å²) in [5.74, 6) is 0.101. The van der Waals surface area contributed by atoms with Gasteiger partial charge < -0.3 is 15.5 Å². The van der Waals surface area contributed by atoms with Gasteiger partial charge in [0, 0.05) is 24.8 Å². The Morgan fingerprint density at radius 1 is 1.20 bits per heavy atom. The Morgan fingerprint density at radius 3 is 2.45 bits per heavy atom. The maximum Gasteiger partial charge on any atom is 0.125 e. The molecule has 0 bridgehead atoms. The summed E-state index contributed by atoms with van der Waals surface area (Å²) in [7, 11) is 0. The van der Waals surface area contributed by atoms with Gasteiger partial charge in [0.1, 0.15) is 5.84 Å². The fraction of sp³-hybridized carbons (Fsp3) is 0.600. The summed E-state index contributed by atoms with van der Waals surface area (Å²) in [6.07, 6.45) is 4.59. The molecule has 0 atom stereocenters. The van der Waals surface area contributed by atoms with Crippen molar-refractivity contribution in [2.45, 2.75) is 27.2 Å². The largest absolute Gasteiger partial charge is 0.384 e. The van der Waals surface area contributed by atoms with E-state index in [-0.39, 0.29) is 5.84 Å². The number of hydrogen-bond acceptors (Lipinski definition) is 4. The molecule has 0 aliphatic rings. The third kappa shape index (κ3) is 4.49. The zero-order valence-electron chi connectivity index (χ0n) is 12.9. The van der Waals surface area contributed by atoms with E-state index in [1.165, 1.54) is 0 Å². The number of aromatic nitrogens is 1. The molecule has 0 aliphatic carbocycles. The second-order valence-corrected chi connectivity index (χ2v) is 4.77. The van der Waals surface area contributed by atoms with Crippen LogP contribution in [-0.4, -0.2) is 48.4 Å². The third-order valence-corrected chi connectivity index (χ3v) is 3.61. The fourth-order valence-electron chi connectivity index (χ4n) is 2.34. The van der Waals surface area contributed by atoms with E-state index >= 15 is 0 Å². The summed E-state index contributed by atoms with van der Waals surface area (Å²) >= 11 is 0. The van der Waals surface area contributed by atoms with E-state index in [2.05, 4.69) is 35.6 Å². The molecule has 112 valence electrons. The number of nitrogens with two attached hydrogens (primary N) is 1. The van der Waals surface area contributed by atoms with Crippen LogP contribution in [0.2, 0.25) is 0 Å². The van der Waals surface area contributed by atoms with Crippen LogP contribution in [0, 0.1) is 5.41 Å². The molecular weight excluding hydrogens is 250 g/mol. The lowest BCUT2D eigenvalue weighted by molar-refractivity contribution is 0.301. The Balaban J connectivity index is 2.69. The Kier molecular flexibility index (Phi) is 7.01. The highest BCUT2D eigenvalue weighted by Gasteiger charge is 2.12. The van der Waals surface area contributed by atoms with Crippen molar-refractivity contribution in [2.75, 3.05) is 37.6 Å². The quantitative estimate of drug-likeness (QED) is 0.534. The summed E-state index contributed by atoms with van der Waals surface area (Å²) in [5.41, 5.74) is 7.38. The standard InChI is InChI=1S/C15H27N5/c1-4-19(5-2)10-7-11-20(6-3)14-12-18-9-8-13(14)15(16)17/h8-9,12H,4-7,10-11H2,1-3H3,(H3,16,17). The smallest absolute Gasteiger partial charge is 0.125 e. The average Bonchev–Trinajstić information content (AvgIpc) is 2.47. The van der Waals surface area contributed by atoms with Crippen molar-refractivity contribution >= 4 is 11.5 Å². The van der Waals surface area contributed by atoms with Crippen LogP contribution in [0.3, 0.4) is 0 Å². The zero-order chi connectivity index (χ0) is 15.0. The summed E-state index contributed by atoms with van der Waals surface area (Å²) in [5, 5.41) is 7.66. The molecule has 5 heteroatoms. The number of rotatable bonds is 9. The van der Waals surface area contributed by atoms with Crippen molar-refractivity contribution in [1.82, 2.24) is 9.88 Å². The monoisotopic (exact) mass is 277 g/mol. The number of hydrogen-bond donors (Lipinski definition) is 2. The minimum absolute atomic E-state index is 0.101. The van der Waals surface area contributed by atoms with E-state index in [4.69, 9.17) is 11.1 Å². The number of nitrogens with one attached hydrogen (secondary N) is 1. The minimum atomic E-state index is 0.101. The van der Waals surface area contributed by atoms with Crippen molar-refractivity contribution < 1.29 is 0 Å². The van der Waals surface area contributed by atoms with Crippen LogP contribution >= 0.6 is 0 Å². The van der Waals surface area contributed by atoms with Crippen LogP contribution in [-0.2, 0) is 0 Å². The topological polar surface area (TPSA) is 69.2 Å². The van der Waals surface area contributed by atoms with Crippen LogP contribution < -0.4 is 10.6 Å². The number of pyridine rings is 1. The van der Waals surface area contributed by atoms with Gasteiger partial charge in [-0.15, -0.1) is 0 Å². The molecule has 1 aromatic heterocycles. The average molecular weight is 277 g/mol. The van der Waals surface area contributed by atoms with Crippen molar-refractivity contribution in [2.24, 2.45) is 5.73 Å². The Labute approximate surface area is 122 Å². The number of nitrogen functional groups attached to an aromatic ring is 1. The second kappa shape index (κ2) is 8.53. The fourth-order valence-corrected chi connectivity index (χ4v) is 2.34. The van der Waals surface area contributed by atoms with Crippen LogP contribution in [0.25, 0.3) is 0 Å². The number of anilines is 1. The molecule has 3 N–H and O–H groups in total. The van der Waals surface area contributed by atoms with Gasteiger partial charge in [0.05, 0.1) is 11.9 Å². The van der Waals surface area contributed by atoms with Crippen molar-refractivity contribution in [3.63, 3.8) is 0 Å². The highest BCUT2D eigenvalue weighted by atomic mass is 15.1. The Bertz CT molecular complexity index is 414. The van der Waals surface area contributed by atoms with Gasteiger partial charge in [0.2, 0.25) is 0 Å². The maximum absolute atomic E-state index is 7.66. The maximum atomic E-state index is 7.66. The Hall–Kier alpha value is -1.62. The summed E-state index contributed by atoms with van der Waals surface area (Å²) in [4.78, 5) is 8.83. The highest BCUT2D eigenvalue weighted by molar-refractivity contribution is 6.00. The molecule has 0 saturated heterocycles. The molecule has 0 fully saturated rings. The summed E-state index contributed by atoms with van der Waals surface area (Å²) in [6.45, 7) is 11.6. The lowest BCUT2D eigenvalue weighted by atomic mass is 10.2. The van der Waals surface area contributed by atoms with E-state index < -0.39 is 0 Å².